The Balaban J connectivity index is 1.71. The zero-order chi connectivity index (χ0) is 13.2. The number of benzene rings is 1. The van der Waals surface area contributed by atoms with Crippen LogP contribution in [0.25, 0.3) is 11.0 Å². The highest BCUT2D eigenvalue weighted by atomic mass is 16.3. The highest BCUT2D eigenvalue weighted by Gasteiger charge is 2.27. The van der Waals surface area contributed by atoms with Crippen molar-refractivity contribution in [1.82, 2.24) is 5.32 Å². The summed E-state index contributed by atoms with van der Waals surface area (Å²) in [6, 6.07) is 8.36. The third-order valence-corrected chi connectivity index (χ3v) is 4.30. The molecule has 1 saturated carbocycles. The van der Waals surface area contributed by atoms with Gasteiger partial charge in [-0.25, -0.2) is 0 Å². The van der Waals surface area contributed by atoms with E-state index < -0.39 is 0 Å². The van der Waals surface area contributed by atoms with Crippen LogP contribution in [-0.4, -0.2) is 6.54 Å². The van der Waals surface area contributed by atoms with Gasteiger partial charge in [-0.3, -0.25) is 0 Å². The summed E-state index contributed by atoms with van der Waals surface area (Å²) in [5.74, 6) is 2.91. The smallest absolute Gasteiger partial charge is 0.134 e. The van der Waals surface area contributed by atoms with Crippen molar-refractivity contribution in [3.8, 4) is 0 Å². The fourth-order valence-corrected chi connectivity index (χ4v) is 2.89. The van der Waals surface area contributed by atoms with E-state index in [0.29, 0.717) is 0 Å². The van der Waals surface area contributed by atoms with Gasteiger partial charge in [-0.15, -0.1) is 0 Å². The second-order valence-electron chi connectivity index (χ2n) is 5.80. The minimum absolute atomic E-state index is 0.809. The van der Waals surface area contributed by atoms with Crippen molar-refractivity contribution < 1.29 is 4.42 Å². The van der Waals surface area contributed by atoms with Gasteiger partial charge in [-0.05, 0) is 37.3 Å². The molecular formula is C17H23NO. The normalized spacial score (nSPS) is 16.9. The summed E-state index contributed by atoms with van der Waals surface area (Å²) in [5, 5.41) is 4.89. The van der Waals surface area contributed by atoms with E-state index in [4.69, 9.17) is 4.42 Å². The molecule has 0 saturated heterocycles. The first-order valence-electron chi connectivity index (χ1n) is 7.49. The molecule has 1 aromatic heterocycles. The molecule has 2 aromatic rings. The summed E-state index contributed by atoms with van der Waals surface area (Å²) in [7, 11) is 0. The number of fused-ring (bicyclic) bond motifs is 1. The molecule has 1 atom stereocenters. The lowest BCUT2D eigenvalue weighted by molar-refractivity contribution is 0.458. The van der Waals surface area contributed by atoms with Crippen LogP contribution < -0.4 is 5.32 Å². The number of aryl methyl sites for hydroxylation is 1. The Labute approximate surface area is 115 Å². The molecule has 19 heavy (non-hydrogen) atoms. The molecule has 1 N–H and O–H groups in total. The van der Waals surface area contributed by atoms with Crippen LogP contribution in [0.5, 0.6) is 0 Å². The van der Waals surface area contributed by atoms with E-state index in [-0.39, 0.29) is 0 Å². The predicted octanol–water partition coefficient (Wildman–Crippen LogP) is 4.13. The van der Waals surface area contributed by atoms with E-state index >= 15 is 0 Å². The van der Waals surface area contributed by atoms with Crippen molar-refractivity contribution in [1.29, 1.82) is 0 Å². The lowest BCUT2D eigenvalue weighted by Crippen LogP contribution is -2.22. The maximum absolute atomic E-state index is 5.93. The molecule has 1 aliphatic rings. The van der Waals surface area contributed by atoms with Crippen LogP contribution in [0.15, 0.2) is 28.7 Å². The summed E-state index contributed by atoms with van der Waals surface area (Å²) < 4.78 is 5.93. The van der Waals surface area contributed by atoms with E-state index in [0.717, 1.165) is 42.7 Å². The second-order valence-corrected chi connectivity index (χ2v) is 5.80. The molecule has 3 rings (SSSR count). The molecule has 102 valence electrons. The highest BCUT2D eigenvalue weighted by Crippen LogP contribution is 2.36. The van der Waals surface area contributed by atoms with E-state index in [2.05, 4.69) is 37.4 Å². The Bertz CT molecular complexity index is 553. The number of rotatable bonds is 6. The minimum Gasteiger partial charge on any atom is -0.461 e. The number of furan rings is 1. The first-order valence-corrected chi connectivity index (χ1v) is 7.49. The number of hydrogen-bond acceptors (Lipinski definition) is 2. The Morgan fingerprint density at radius 2 is 2.11 bits per heavy atom. The van der Waals surface area contributed by atoms with Gasteiger partial charge in [0.05, 0.1) is 0 Å². The molecule has 0 aliphatic heterocycles. The Morgan fingerprint density at radius 3 is 2.84 bits per heavy atom. The van der Waals surface area contributed by atoms with Crippen molar-refractivity contribution in [3.63, 3.8) is 0 Å². The molecule has 0 spiro atoms. The predicted molar refractivity (Wildman–Crippen MR) is 79.2 cm³/mol. The van der Waals surface area contributed by atoms with Crippen molar-refractivity contribution >= 4 is 11.0 Å². The van der Waals surface area contributed by atoms with Gasteiger partial charge in [0.1, 0.15) is 11.3 Å². The molecule has 0 bridgehead atoms. The molecular weight excluding hydrogens is 234 g/mol. The zero-order valence-corrected chi connectivity index (χ0v) is 11.9. The van der Waals surface area contributed by atoms with Crippen LogP contribution in [0.1, 0.15) is 38.0 Å². The lowest BCUT2D eigenvalue weighted by Gasteiger charge is -2.11. The first-order chi connectivity index (χ1) is 9.29. The SMILES string of the molecule is CCc1oc2ccccc2c1CNCC(C)C1CC1. The summed E-state index contributed by atoms with van der Waals surface area (Å²) >= 11 is 0. The lowest BCUT2D eigenvalue weighted by atomic mass is 10.1. The molecule has 1 heterocycles. The monoisotopic (exact) mass is 257 g/mol. The molecule has 2 heteroatoms. The van der Waals surface area contributed by atoms with E-state index in [9.17, 15) is 0 Å². The molecule has 0 amide bonds. The number of nitrogens with one attached hydrogen (secondary N) is 1. The van der Waals surface area contributed by atoms with Crippen LogP contribution in [-0.2, 0) is 13.0 Å². The summed E-state index contributed by atoms with van der Waals surface area (Å²) in [4.78, 5) is 0. The Hall–Kier alpha value is -1.28. The van der Waals surface area contributed by atoms with E-state index in [1.54, 1.807) is 0 Å². The summed E-state index contributed by atoms with van der Waals surface area (Å²) in [6.45, 7) is 6.57. The van der Waals surface area contributed by atoms with Crippen molar-refractivity contribution in [2.45, 2.75) is 39.7 Å². The first kappa shape index (κ1) is 12.7. The fourth-order valence-electron chi connectivity index (χ4n) is 2.89. The van der Waals surface area contributed by atoms with E-state index in [1.807, 2.05) is 6.07 Å². The zero-order valence-electron chi connectivity index (χ0n) is 11.9. The fraction of sp³-hybridized carbons (Fsp3) is 0.529. The van der Waals surface area contributed by atoms with Crippen LogP contribution in [0.4, 0.5) is 0 Å². The van der Waals surface area contributed by atoms with Gasteiger partial charge in [0, 0.05) is 23.9 Å². The quantitative estimate of drug-likeness (QED) is 0.841. The topological polar surface area (TPSA) is 25.2 Å². The van der Waals surface area contributed by atoms with Gasteiger partial charge in [0.2, 0.25) is 0 Å². The Kier molecular flexibility index (Phi) is 3.61. The average Bonchev–Trinajstić information content (AvgIpc) is 3.22. The molecule has 1 unspecified atom stereocenters. The standard InChI is InChI=1S/C17H23NO/c1-3-16-15(11-18-10-12(2)13-8-9-13)14-6-4-5-7-17(14)19-16/h4-7,12-13,18H,3,8-11H2,1-2H3. The van der Waals surface area contributed by atoms with E-state index in [1.165, 1.54) is 23.8 Å². The number of para-hydroxylation sites is 1. The third kappa shape index (κ3) is 2.69. The van der Waals surface area contributed by atoms with Gasteiger partial charge in [0.15, 0.2) is 0 Å². The summed E-state index contributed by atoms with van der Waals surface area (Å²) in [6.07, 6.45) is 3.82. The van der Waals surface area contributed by atoms with Gasteiger partial charge >= 0.3 is 0 Å². The Morgan fingerprint density at radius 1 is 1.32 bits per heavy atom. The van der Waals surface area contributed by atoms with Gasteiger partial charge < -0.3 is 9.73 Å². The van der Waals surface area contributed by atoms with Gasteiger partial charge in [-0.1, -0.05) is 32.0 Å². The molecule has 1 aliphatic carbocycles. The second kappa shape index (κ2) is 5.38. The van der Waals surface area contributed by atoms with Crippen LogP contribution in [0, 0.1) is 11.8 Å². The van der Waals surface area contributed by atoms with Gasteiger partial charge in [-0.2, -0.15) is 0 Å². The van der Waals surface area contributed by atoms with Crippen molar-refractivity contribution in [2.24, 2.45) is 11.8 Å². The minimum atomic E-state index is 0.809. The average molecular weight is 257 g/mol. The van der Waals surface area contributed by atoms with Crippen LogP contribution in [0.3, 0.4) is 0 Å². The van der Waals surface area contributed by atoms with Gasteiger partial charge in [0.25, 0.3) is 0 Å². The maximum atomic E-state index is 5.93. The maximum Gasteiger partial charge on any atom is 0.134 e. The highest BCUT2D eigenvalue weighted by molar-refractivity contribution is 5.82. The molecule has 2 nitrogen and oxygen atoms in total. The molecule has 1 fully saturated rings. The summed E-state index contributed by atoms with van der Waals surface area (Å²) in [5.41, 5.74) is 2.37. The van der Waals surface area contributed by atoms with Crippen LogP contribution in [0.2, 0.25) is 0 Å². The number of hydrogen-bond donors (Lipinski definition) is 1. The van der Waals surface area contributed by atoms with Crippen molar-refractivity contribution in [2.75, 3.05) is 6.54 Å². The molecule has 1 aromatic carbocycles. The largest absolute Gasteiger partial charge is 0.461 e. The third-order valence-electron chi connectivity index (χ3n) is 4.30. The molecule has 0 radical (unpaired) electrons. The van der Waals surface area contributed by atoms with Crippen molar-refractivity contribution in [3.05, 3.63) is 35.6 Å². The van der Waals surface area contributed by atoms with Crippen LogP contribution >= 0.6 is 0 Å².